The fourth-order valence-electron chi connectivity index (χ4n) is 10.0. The molecule has 4 fully saturated rings. The molecule has 0 spiro atoms. The van der Waals surface area contributed by atoms with E-state index >= 15 is 0 Å². The molecule has 4 aliphatic rings. The minimum atomic E-state index is -2.96. The number of hydrogen-bond acceptors (Lipinski definition) is 31. The van der Waals surface area contributed by atoms with Crippen LogP contribution >= 0.6 is 0 Å². The summed E-state index contributed by atoms with van der Waals surface area (Å²) in [4.78, 5) is 68.1. The number of hydrogen-bond donors (Lipinski definition) is 12. The number of benzene rings is 4. The van der Waals surface area contributed by atoms with Gasteiger partial charge in [0, 0.05) is 25.2 Å². The summed E-state index contributed by atoms with van der Waals surface area (Å²) in [5.74, 6) is -9.19. The van der Waals surface area contributed by atoms with Gasteiger partial charge in [-0.15, -0.1) is 0 Å². The molecule has 93 heavy (non-hydrogen) atoms. The Morgan fingerprint density at radius 2 is 1.01 bits per heavy atom. The van der Waals surface area contributed by atoms with E-state index in [-0.39, 0.29) is 39.9 Å². The summed E-state index contributed by atoms with van der Waals surface area (Å²) in [6.07, 6.45) is -32.5. The number of ether oxygens (including phenoxy) is 14. The Labute approximate surface area is 528 Å². The lowest BCUT2D eigenvalue weighted by Crippen LogP contribution is -2.69. The molecule has 31 heteroatoms. The average molecular weight is 1310 g/mol. The molecule has 4 aromatic carbocycles. The number of rotatable bonds is 25. The van der Waals surface area contributed by atoms with E-state index in [0.29, 0.717) is 11.1 Å². The Kier molecular flexibility index (Phi) is 24.4. The fraction of sp³-hybridized carbons (Fsp3) is 0.435. The monoisotopic (exact) mass is 1310 g/mol. The zero-order valence-corrected chi connectivity index (χ0v) is 49.7. The summed E-state index contributed by atoms with van der Waals surface area (Å²) in [6.45, 7) is -4.30. The largest absolute Gasteiger partial charge is 0.508 e. The molecule has 4 saturated heterocycles. The third kappa shape index (κ3) is 17.5. The summed E-state index contributed by atoms with van der Waals surface area (Å²) in [5.41, 5.74) is 0.842. The second-order valence-electron chi connectivity index (χ2n) is 21.3. The molecule has 0 amide bonds. The lowest BCUT2D eigenvalue weighted by atomic mass is 9.95. The molecule has 0 saturated carbocycles. The standard InChI is InChI=1S/C62H70O31/c1-30(65)82-28-43-54(88-46(71)22-15-33-12-19-37(68)39(24-33)81-3)55(89-60-53(78)51(76)48(73)42(86-60)27-83-44(69)21-14-32-11-18-36(67)38(23-32)80-2)56(90-59-52(77)50(75)47(72)40(25-63)85-59)61(87-43)93-62(29-84-45(70)20-13-31-9-16-35(66)17-10-31)57(49(74)41(26-64)92-62)91-58(79)34-7-5-4-6-8-34/h4-24,40-43,47-57,59-61,63-64,66-68,72-78H,25-29H2,1-3H3. The van der Waals surface area contributed by atoms with Crippen LogP contribution in [-0.4, -0.2) is 255 Å². The van der Waals surface area contributed by atoms with Crippen LogP contribution in [0.3, 0.4) is 0 Å². The first-order valence-corrected chi connectivity index (χ1v) is 28.6. The van der Waals surface area contributed by atoms with Crippen LogP contribution in [0.25, 0.3) is 18.2 Å². The van der Waals surface area contributed by atoms with E-state index in [1.807, 2.05) is 0 Å². The van der Waals surface area contributed by atoms with Crippen LogP contribution in [-0.2, 0) is 76.0 Å². The number of aliphatic hydroxyl groups excluding tert-OH is 9. The highest BCUT2D eigenvalue weighted by Gasteiger charge is 2.64. The molecule has 19 unspecified atom stereocenters. The first-order chi connectivity index (χ1) is 44.5. The van der Waals surface area contributed by atoms with Crippen molar-refractivity contribution >= 4 is 48.1 Å². The molecule has 0 aliphatic carbocycles. The molecule has 504 valence electrons. The van der Waals surface area contributed by atoms with Gasteiger partial charge in [0.05, 0.1) is 33.0 Å². The molecule has 31 nitrogen and oxygen atoms in total. The lowest BCUT2D eigenvalue weighted by molar-refractivity contribution is -0.421. The van der Waals surface area contributed by atoms with Crippen molar-refractivity contribution in [1.29, 1.82) is 0 Å². The normalized spacial score (nSPS) is 31.2. The number of methoxy groups -OCH3 is 2. The molecule has 4 heterocycles. The minimum absolute atomic E-state index is 0.0161. The maximum absolute atomic E-state index is 14.3. The second kappa shape index (κ2) is 32.1. The highest BCUT2D eigenvalue weighted by Crippen LogP contribution is 2.42. The van der Waals surface area contributed by atoms with Crippen LogP contribution in [0, 0.1) is 0 Å². The summed E-state index contributed by atoms with van der Waals surface area (Å²) in [7, 11) is 2.56. The number of carbonyl (C=O) groups excluding carboxylic acids is 5. The molecule has 12 N–H and O–H groups in total. The topological polar surface area (TPSA) is 457 Å². The van der Waals surface area contributed by atoms with Gasteiger partial charge in [-0.1, -0.05) is 42.5 Å². The first-order valence-electron chi connectivity index (χ1n) is 28.6. The van der Waals surface area contributed by atoms with Crippen molar-refractivity contribution in [1.82, 2.24) is 0 Å². The van der Waals surface area contributed by atoms with Gasteiger partial charge in [0.1, 0.15) is 105 Å². The van der Waals surface area contributed by atoms with Gasteiger partial charge in [0.25, 0.3) is 0 Å². The third-order valence-electron chi connectivity index (χ3n) is 15.0. The Hall–Kier alpha value is -8.19. The van der Waals surface area contributed by atoms with Crippen LogP contribution < -0.4 is 9.47 Å². The molecule has 0 radical (unpaired) electrons. The smallest absolute Gasteiger partial charge is 0.338 e. The number of esters is 5. The molecule has 0 aromatic heterocycles. The summed E-state index contributed by atoms with van der Waals surface area (Å²) < 4.78 is 82.6. The lowest BCUT2D eigenvalue weighted by Gasteiger charge is -2.50. The van der Waals surface area contributed by atoms with E-state index in [0.717, 1.165) is 25.2 Å². The molecule has 0 bridgehead atoms. The first kappa shape index (κ1) is 70.7. The van der Waals surface area contributed by atoms with Crippen molar-refractivity contribution in [3.05, 3.63) is 131 Å². The fourth-order valence-corrected chi connectivity index (χ4v) is 10.0. The van der Waals surface area contributed by atoms with Gasteiger partial charge in [-0.05, 0) is 83.4 Å². The average Bonchev–Trinajstić information content (AvgIpc) is 1.71. The number of aromatic hydroxyl groups is 3. The predicted molar refractivity (Wildman–Crippen MR) is 309 cm³/mol. The zero-order chi connectivity index (χ0) is 67.3. The molecular formula is C62H70O31. The number of phenolic OH excluding ortho intramolecular Hbond substituents is 3. The van der Waals surface area contributed by atoms with Crippen LogP contribution in [0.1, 0.15) is 34.0 Å². The Morgan fingerprint density at radius 3 is 1.58 bits per heavy atom. The maximum atomic E-state index is 14.3. The van der Waals surface area contributed by atoms with Gasteiger partial charge >= 0.3 is 29.8 Å². The van der Waals surface area contributed by atoms with Crippen molar-refractivity contribution in [3.63, 3.8) is 0 Å². The van der Waals surface area contributed by atoms with Crippen molar-refractivity contribution in [2.45, 2.75) is 123 Å². The second-order valence-corrected chi connectivity index (χ2v) is 21.3. The number of phenols is 3. The highest BCUT2D eigenvalue weighted by atomic mass is 16.8. The van der Waals surface area contributed by atoms with E-state index in [4.69, 9.17) is 66.3 Å². The quantitative estimate of drug-likeness (QED) is 0.0207. The van der Waals surface area contributed by atoms with Gasteiger partial charge in [0.15, 0.2) is 54.1 Å². The minimum Gasteiger partial charge on any atom is -0.508 e. The van der Waals surface area contributed by atoms with Crippen LogP contribution in [0.2, 0.25) is 0 Å². The summed E-state index contributed by atoms with van der Waals surface area (Å²) in [6, 6.07) is 20.7. The van der Waals surface area contributed by atoms with Crippen molar-refractivity contribution in [2.24, 2.45) is 0 Å². The van der Waals surface area contributed by atoms with Gasteiger partial charge in [0.2, 0.25) is 5.79 Å². The Balaban J connectivity index is 1.25. The summed E-state index contributed by atoms with van der Waals surface area (Å²) >= 11 is 0. The highest BCUT2D eigenvalue weighted by molar-refractivity contribution is 5.90. The van der Waals surface area contributed by atoms with E-state index in [1.165, 1.54) is 117 Å². The third-order valence-corrected chi connectivity index (χ3v) is 15.0. The van der Waals surface area contributed by atoms with Gasteiger partial charge in [-0.25, -0.2) is 19.2 Å². The van der Waals surface area contributed by atoms with E-state index in [2.05, 4.69) is 0 Å². The van der Waals surface area contributed by atoms with E-state index in [9.17, 15) is 85.3 Å². The Morgan fingerprint density at radius 1 is 0.505 bits per heavy atom. The number of carbonyl (C=O) groups is 5. The van der Waals surface area contributed by atoms with E-state index < -0.39 is 179 Å². The van der Waals surface area contributed by atoms with Crippen molar-refractivity contribution in [2.75, 3.05) is 47.3 Å². The molecule has 4 aliphatic heterocycles. The van der Waals surface area contributed by atoms with Gasteiger partial charge in [-0.2, -0.15) is 0 Å². The van der Waals surface area contributed by atoms with Gasteiger partial charge in [-0.3, -0.25) is 4.79 Å². The van der Waals surface area contributed by atoms with Gasteiger partial charge < -0.3 is 128 Å². The molecule has 19 atom stereocenters. The van der Waals surface area contributed by atoms with Crippen molar-refractivity contribution < 1.29 is 152 Å². The summed E-state index contributed by atoms with van der Waals surface area (Å²) in [5, 5.41) is 131. The molecular weight excluding hydrogens is 1240 g/mol. The van der Waals surface area contributed by atoms with Crippen LogP contribution in [0.4, 0.5) is 0 Å². The predicted octanol–water partition coefficient (Wildman–Crippen LogP) is -1.38. The van der Waals surface area contributed by atoms with Crippen LogP contribution in [0.15, 0.2) is 109 Å². The van der Waals surface area contributed by atoms with Crippen molar-refractivity contribution in [3.8, 4) is 28.7 Å². The Bertz CT molecular complexity index is 3270. The zero-order valence-electron chi connectivity index (χ0n) is 49.7. The van der Waals surface area contributed by atoms with Crippen LogP contribution in [0.5, 0.6) is 28.7 Å². The maximum Gasteiger partial charge on any atom is 0.338 e. The molecule has 4 aromatic rings. The SMILES string of the molecule is COc1cc(C=CC(=O)OCC2OC(OC3C(OC(=O)C=Cc4ccc(O)c(OC)c4)C(COC(C)=O)OC(OC4(COC(=O)C=Cc5ccc(O)cc5)OC(CO)C(O)C4OC(=O)c4ccccc4)C3OC3OC(CO)C(O)C(O)C3O)C(O)C(O)C2O)ccc1O. The number of aliphatic hydroxyl groups is 9. The molecule has 8 rings (SSSR count). The van der Waals surface area contributed by atoms with E-state index in [1.54, 1.807) is 6.07 Å².